The van der Waals surface area contributed by atoms with Crippen LogP contribution in [0.1, 0.15) is 26.7 Å². The van der Waals surface area contributed by atoms with Crippen LogP contribution < -0.4 is 0 Å². The molecule has 0 unspecified atom stereocenters. The normalized spacial score (nSPS) is 10.8. The van der Waals surface area contributed by atoms with E-state index < -0.39 is 0 Å². The minimum Gasteiger partial charge on any atom is -0.234 e. The number of thioether (sulfide) groups is 1. The molecule has 0 fully saturated rings. The zero-order chi connectivity index (χ0) is 8.10. The van der Waals surface area contributed by atoms with E-state index in [1.807, 2.05) is 0 Å². The maximum Gasteiger partial charge on any atom is 0.207 e. The monoisotopic (exact) mass is 171 g/mol. The Morgan fingerprint density at radius 3 is 3.00 bits per heavy atom. The molecule has 0 amide bonds. The SMILES string of the molecule is CCC[C](C)Sc1nnn[nH]1. The van der Waals surface area contributed by atoms with Crippen molar-refractivity contribution in [2.24, 2.45) is 0 Å². The second-order valence-electron chi connectivity index (χ2n) is 2.26. The highest BCUT2D eigenvalue weighted by Gasteiger charge is 2.05. The van der Waals surface area contributed by atoms with E-state index in [-0.39, 0.29) is 0 Å². The summed E-state index contributed by atoms with van der Waals surface area (Å²) in [5.74, 6) is 0. The van der Waals surface area contributed by atoms with E-state index in [4.69, 9.17) is 0 Å². The Hall–Kier alpha value is -0.580. The fraction of sp³-hybridized carbons (Fsp3) is 0.667. The molecule has 5 heteroatoms. The lowest BCUT2D eigenvalue weighted by molar-refractivity contribution is 0.873. The molecule has 1 rings (SSSR count). The lowest BCUT2D eigenvalue weighted by Gasteiger charge is -2.03. The number of H-pyrrole nitrogens is 1. The number of aromatic amines is 1. The highest BCUT2D eigenvalue weighted by molar-refractivity contribution is 8.01. The topological polar surface area (TPSA) is 54.5 Å². The molecule has 0 aliphatic heterocycles. The molecule has 1 heterocycles. The number of hydrogen-bond acceptors (Lipinski definition) is 4. The molecule has 0 saturated carbocycles. The van der Waals surface area contributed by atoms with Crippen molar-refractivity contribution in [2.75, 3.05) is 0 Å². The van der Waals surface area contributed by atoms with Gasteiger partial charge < -0.3 is 0 Å². The Kier molecular flexibility index (Phi) is 3.35. The number of nitrogens with zero attached hydrogens (tertiary/aromatic N) is 3. The van der Waals surface area contributed by atoms with E-state index in [1.165, 1.54) is 11.7 Å². The molecule has 0 saturated heterocycles. The van der Waals surface area contributed by atoms with Crippen molar-refractivity contribution in [1.29, 1.82) is 0 Å². The first-order valence-electron chi connectivity index (χ1n) is 3.57. The second-order valence-corrected chi connectivity index (χ2v) is 3.55. The molecule has 1 aromatic heterocycles. The Bertz CT molecular complexity index is 186. The minimum absolute atomic E-state index is 0.774. The van der Waals surface area contributed by atoms with Gasteiger partial charge >= 0.3 is 0 Å². The molecule has 0 atom stereocenters. The van der Waals surface area contributed by atoms with Crippen molar-refractivity contribution in [2.45, 2.75) is 31.8 Å². The molecule has 0 bridgehead atoms. The van der Waals surface area contributed by atoms with Gasteiger partial charge in [0.05, 0.1) is 0 Å². The van der Waals surface area contributed by atoms with Gasteiger partial charge in [-0.05, 0) is 23.8 Å². The summed E-state index contributed by atoms with van der Waals surface area (Å²) in [6.07, 6.45) is 2.28. The summed E-state index contributed by atoms with van der Waals surface area (Å²) in [6, 6.07) is 0. The van der Waals surface area contributed by atoms with Crippen LogP contribution in [0.3, 0.4) is 0 Å². The van der Waals surface area contributed by atoms with E-state index >= 15 is 0 Å². The van der Waals surface area contributed by atoms with Crippen molar-refractivity contribution in [3.63, 3.8) is 0 Å². The molecule has 1 radical (unpaired) electrons. The molecule has 1 aromatic rings. The molecule has 0 aliphatic rings. The molecule has 4 nitrogen and oxygen atoms in total. The minimum atomic E-state index is 0.774. The van der Waals surface area contributed by atoms with Gasteiger partial charge in [-0.25, -0.2) is 5.10 Å². The van der Waals surface area contributed by atoms with Crippen LogP contribution in [-0.4, -0.2) is 20.6 Å². The molecule has 61 valence electrons. The van der Waals surface area contributed by atoms with Crippen LogP contribution in [0.25, 0.3) is 0 Å². The summed E-state index contributed by atoms with van der Waals surface area (Å²) in [7, 11) is 0. The van der Waals surface area contributed by atoms with Gasteiger partial charge in [-0.3, -0.25) is 0 Å². The average molecular weight is 171 g/mol. The Morgan fingerprint density at radius 1 is 1.64 bits per heavy atom. The Balaban J connectivity index is 2.31. The van der Waals surface area contributed by atoms with E-state index in [9.17, 15) is 0 Å². The summed E-state index contributed by atoms with van der Waals surface area (Å²) in [4.78, 5) is 0. The van der Waals surface area contributed by atoms with Gasteiger partial charge in [0.25, 0.3) is 0 Å². The first-order chi connectivity index (χ1) is 5.33. The molecular weight excluding hydrogens is 160 g/mol. The van der Waals surface area contributed by atoms with Gasteiger partial charge in [0.1, 0.15) is 0 Å². The molecule has 0 aliphatic carbocycles. The summed E-state index contributed by atoms with van der Waals surface area (Å²) in [5, 5.41) is 15.5. The second kappa shape index (κ2) is 4.33. The van der Waals surface area contributed by atoms with Crippen molar-refractivity contribution < 1.29 is 0 Å². The average Bonchev–Trinajstić information content (AvgIpc) is 2.40. The van der Waals surface area contributed by atoms with Gasteiger partial charge in [-0.15, -0.1) is 5.10 Å². The quantitative estimate of drug-likeness (QED) is 0.700. The third kappa shape index (κ3) is 2.88. The lowest BCUT2D eigenvalue weighted by atomic mass is 10.3. The molecule has 0 spiro atoms. The van der Waals surface area contributed by atoms with Crippen molar-refractivity contribution >= 4 is 11.8 Å². The largest absolute Gasteiger partial charge is 0.234 e. The number of tetrazole rings is 1. The molecular formula is C6H11N4S. The van der Waals surface area contributed by atoms with Crippen LogP contribution in [0.4, 0.5) is 0 Å². The summed E-state index contributed by atoms with van der Waals surface area (Å²) in [6.45, 7) is 4.25. The molecule has 11 heavy (non-hydrogen) atoms. The fourth-order valence-electron chi connectivity index (χ4n) is 0.762. The van der Waals surface area contributed by atoms with Gasteiger partial charge in [0.2, 0.25) is 5.16 Å². The number of rotatable bonds is 4. The maximum atomic E-state index is 3.76. The van der Waals surface area contributed by atoms with Crippen LogP contribution in [-0.2, 0) is 0 Å². The fourth-order valence-corrected chi connectivity index (χ4v) is 1.56. The Morgan fingerprint density at radius 2 is 2.45 bits per heavy atom. The number of aromatic nitrogens is 4. The predicted octanol–water partition coefficient (Wildman–Crippen LogP) is 1.64. The van der Waals surface area contributed by atoms with Crippen molar-refractivity contribution in [3.8, 4) is 0 Å². The van der Waals surface area contributed by atoms with Gasteiger partial charge in [-0.2, -0.15) is 0 Å². The Labute approximate surface area is 70.2 Å². The van der Waals surface area contributed by atoms with Crippen LogP contribution in [0, 0.1) is 5.25 Å². The first-order valence-corrected chi connectivity index (χ1v) is 4.38. The van der Waals surface area contributed by atoms with E-state index in [2.05, 4.69) is 34.5 Å². The van der Waals surface area contributed by atoms with Gasteiger partial charge in [0.15, 0.2) is 0 Å². The highest BCUT2D eigenvalue weighted by atomic mass is 32.2. The third-order valence-corrected chi connectivity index (χ3v) is 2.12. The number of hydrogen-bond donors (Lipinski definition) is 1. The highest BCUT2D eigenvalue weighted by Crippen LogP contribution is 2.27. The van der Waals surface area contributed by atoms with E-state index in [0.29, 0.717) is 0 Å². The zero-order valence-electron chi connectivity index (χ0n) is 6.66. The standard InChI is InChI=1S/C6H11N4S/c1-3-4-5(2)11-6-7-9-10-8-6/h3-4H2,1-2H3,(H,7,8,9,10). The van der Waals surface area contributed by atoms with Crippen LogP contribution >= 0.6 is 11.8 Å². The third-order valence-electron chi connectivity index (χ3n) is 1.20. The van der Waals surface area contributed by atoms with Crippen LogP contribution in [0.5, 0.6) is 0 Å². The maximum absolute atomic E-state index is 3.76. The van der Waals surface area contributed by atoms with Gasteiger partial charge in [-0.1, -0.05) is 25.1 Å². The first kappa shape index (κ1) is 8.52. The predicted molar refractivity (Wildman–Crippen MR) is 43.9 cm³/mol. The summed E-state index contributed by atoms with van der Waals surface area (Å²) >= 11 is 1.60. The van der Waals surface area contributed by atoms with Crippen molar-refractivity contribution in [1.82, 2.24) is 20.6 Å². The van der Waals surface area contributed by atoms with Crippen LogP contribution in [0.2, 0.25) is 0 Å². The lowest BCUT2D eigenvalue weighted by Crippen LogP contribution is -1.85. The van der Waals surface area contributed by atoms with Crippen molar-refractivity contribution in [3.05, 3.63) is 5.25 Å². The molecule has 1 N–H and O–H groups in total. The zero-order valence-corrected chi connectivity index (χ0v) is 7.48. The van der Waals surface area contributed by atoms with Gasteiger partial charge in [0, 0.05) is 5.25 Å². The summed E-state index contributed by atoms with van der Waals surface area (Å²) in [5.41, 5.74) is 0. The smallest absolute Gasteiger partial charge is 0.207 e. The van der Waals surface area contributed by atoms with Crippen LogP contribution in [0.15, 0.2) is 5.16 Å². The van der Waals surface area contributed by atoms with E-state index in [1.54, 1.807) is 11.8 Å². The molecule has 0 aromatic carbocycles. The summed E-state index contributed by atoms with van der Waals surface area (Å²) < 4.78 is 0. The van der Waals surface area contributed by atoms with E-state index in [0.717, 1.165) is 11.6 Å². The number of nitrogens with one attached hydrogen (secondary N) is 1.